The minimum absolute atomic E-state index is 0.350. The molecule has 0 amide bonds. The summed E-state index contributed by atoms with van der Waals surface area (Å²) in [4.78, 5) is 1.26. The van der Waals surface area contributed by atoms with Gasteiger partial charge in [0, 0.05) is 4.90 Å². The second-order valence-electron chi connectivity index (χ2n) is 4.46. The van der Waals surface area contributed by atoms with Crippen LogP contribution in [0.15, 0.2) is 40.4 Å². The van der Waals surface area contributed by atoms with Crippen molar-refractivity contribution in [3.05, 3.63) is 30.3 Å². The second kappa shape index (κ2) is 6.70. The van der Waals surface area contributed by atoms with Crippen molar-refractivity contribution in [1.82, 2.24) is 0 Å². The minimum Gasteiger partial charge on any atom is -0.411 e. The predicted molar refractivity (Wildman–Crippen MR) is 73.0 cm³/mol. The van der Waals surface area contributed by atoms with Crippen LogP contribution in [0.1, 0.15) is 38.5 Å². The summed E-state index contributed by atoms with van der Waals surface area (Å²) in [5.74, 6) is 0. The number of rotatable bonds is 2. The first-order valence-corrected chi connectivity index (χ1v) is 7.20. The van der Waals surface area contributed by atoms with Gasteiger partial charge in [0.1, 0.15) is 0 Å². The molecule has 1 unspecified atom stereocenters. The largest absolute Gasteiger partial charge is 0.411 e. The molecule has 0 aromatic heterocycles. The van der Waals surface area contributed by atoms with Gasteiger partial charge in [-0.25, -0.2) is 0 Å². The molecule has 1 aromatic rings. The zero-order valence-corrected chi connectivity index (χ0v) is 10.8. The topological polar surface area (TPSA) is 32.6 Å². The molecule has 1 aliphatic rings. The molecule has 1 fully saturated rings. The maximum absolute atomic E-state index is 9.13. The molecule has 3 heteroatoms. The third kappa shape index (κ3) is 3.77. The zero-order valence-electron chi connectivity index (χ0n) is 10.0. The second-order valence-corrected chi connectivity index (χ2v) is 5.74. The molecule has 2 nitrogen and oxygen atoms in total. The van der Waals surface area contributed by atoms with Crippen molar-refractivity contribution >= 4 is 17.5 Å². The summed E-state index contributed by atoms with van der Waals surface area (Å²) in [6, 6.07) is 10.4. The van der Waals surface area contributed by atoms with Gasteiger partial charge in [-0.1, -0.05) is 42.6 Å². The van der Waals surface area contributed by atoms with Gasteiger partial charge in [-0.05, 0) is 31.4 Å². The van der Waals surface area contributed by atoms with E-state index in [9.17, 15) is 0 Å². The molecule has 1 atom stereocenters. The van der Waals surface area contributed by atoms with Crippen molar-refractivity contribution in [3.63, 3.8) is 0 Å². The van der Waals surface area contributed by atoms with E-state index in [1.54, 1.807) is 0 Å². The molecule has 0 radical (unpaired) electrons. The van der Waals surface area contributed by atoms with Crippen molar-refractivity contribution in [3.8, 4) is 0 Å². The highest BCUT2D eigenvalue weighted by Gasteiger charge is 2.19. The predicted octanol–water partition coefficient (Wildman–Crippen LogP) is 4.33. The Bertz CT molecular complexity index is 364. The summed E-state index contributed by atoms with van der Waals surface area (Å²) < 4.78 is 0. The van der Waals surface area contributed by atoms with Crippen LogP contribution in [0.25, 0.3) is 0 Å². The maximum Gasteiger partial charge on any atom is 0.0704 e. The van der Waals surface area contributed by atoms with Gasteiger partial charge in [-0.2, -0.15) is 0 Å². The fraction of sp³-hybridized carbons (Fsp3) is 0.500. The lowest BCUT2D eigenvalue weighted by Gasteiger charge is -2.20. The molecule has 1 aliphatic carbocycles. The van der Waals surface area contributed by atoms with Crippen LogP contribution < -0.4 is 0 Å². The smallest absolute Gasteiger partial charge is 0.0704 e. The van der Waals surface area contributed by atoms with E-state index in [1.807, 2.05) is 17.8 Å². The van der Waals surface area contributed by atoms with Gasteiger partial charge >= 0.3 is 0 Å². The van der Waals surface area contributed by atoms with Gasteiger partial charge in [-0.15, -0.1) is 11.8 Å². The highest BCUT2D eigenvalue weighted by atomic mass is 32.2. The Morgan fingerprint density at radius 3 is 2.59 bits per heavy atom. The molecule has 0 aliphatic heterocycles. The van der Waals surface area contributed by atoms with E-state index in [1.165, 1.54) is 24.2 Å². The first-order chi connectivity index (χ1) is 8.40. The average molecular weight is 249 g/mol. The van der Waals surface area contributed by atoms with Gasteiger partial charge in [0.05, 0.1) is 11.0 Å². The van der Waals surface area contributed by atoms with Crippen molar-refractivity contribution in [1.29, 1.82) is 0 Å². The van der Waals surface area contributed by atoms with Crippen LogP contribution in [-0.4, -0.2) is 16.2 Å². The zero-order chi connectivity index (χ0) is 11.9. The van der Waals surface area contributed by atoms with E-state index in [0.29, 0.717) is 5.25 Å². The third-order valence-electron chi connectivity index (χ3n) is 3.17. The maximum atomic E-state index is 9.13. The van der Waals surface area contributed by atoms with Crippen molar-refractivity contribution in [2.75, 3.05) is 0 Å². The quantitative estimate of drug-likeness (QED) is 0.625. The number of benzene rings is 1. The van der Waals surface area contributed by atoms with Crippen molar-refractivity contribution < 1.29 is 5.21 Å². The molecule has 2 rings (SSSR count). The average Bonchev–Trinajstić information content (AvgIpc) is 2.34. The van der Waals surface area contributed by atoms with Crippen molar-refractivity contribution in [2.45, 2.75) is 48.7 Å². The molecule has 0 spiro atoms. The van der Waals surface area contributed by atoms with Crippen molar-refractivity contribution in [2.24, 2.45) is 5.16 Å². The van der Waals surface area contributed by atoms with E-state index in [2.05, 4.69) is 29.4 Å². The van der Waals surface area contributed by atoms with Gasteiger partial charge in [-0.3, -0.25) is 0 Å². The van der Waals surface area contributed by atoms with Gasteiger partial charge < -0.3 is 5.21 Å². The summed E-state index contributed by atoms with van der Waals surface area (Å²) in [5.41, 5.74) is 0.971. The Balaban J connectivity index is 2.05. The Labute approximate surface area is 107 Å². The highest BCUT2D eigenvalue weighted by molar-refractivity contribution is 8.00. The molecule has 17 heavy (non-hydrogen) atoms. The van der Waals surface area contributed by atoms with Crippen LogP contribution in [0.5, 0.6) is 0 Å². The molecule has 0 bridgehead atoms. The van der Waals surface area contributed by atoms with E-state index in [-0.39, 0.29) is 0 Å². The molecule has 1 N–H and O–H groups in total. The lowest BCUT2D eigenvalue weighted by Crippen LogP contribution is -2.19. The summed E-state index contributed by atoms with van der Waals surface area (Å²) in [5, 5.41) is 13.0. The Hall–Kier alpha value is -0.960. The van der Waals surface area contributed by atoms with E-state index >= 15 is 0 Å². The van der Waals surface area contributed by atoms with Gasteiger partial charge in [0.2, 0.25) is 0 Å². The number of hydrogen-bond donors (Lipinski definition) is 1. The standard InChI is InChI=1S/C14H19NOS/c16-15-13-10-6-1-2-7-11-14(13)17-12-8-4-3-5-9-12/h3-5,8-9,14,16H,1-2,6-7,10-11H2/b15-13+. The van der Waals surface area contributed by atoms with Crippen LogP contribution in [-0.2, 0) is 0 Å². The molecular formula is C14H19NOS. The number of thioether (sulfide) groups is 1. The van der Waals surface area contributed by atoms with E-state index in [0.717, 1.165) is 25.0 Å². The number of oxime groups is 1. The van der Waals surface area contributed by atoms with E-state index < -0.39 is 0 Å². The Kier molecular flexibility index (Phi) is 4.92. The summed E-state index contributed by atoms with van der Waals surface area (Å²) in [6.07, 6.45) is 7.04. The molecule has 1 aromatic carbocycles. The van der Waals surface area contributed by atoms with Gasteiger partial charge in [0.15, 0.2) is 0 Å². The van der Waals surface area contributed by atoms with Crippen LogP contribution in [0.4, 0.5) is 0 Å². The Morgan fingerprint density at radius 1 is 1.06 bits per heavy atom. The van der Waals surface area contributed by atoms with E-state index in [4.69, 9.17) is 5.21 Å². The molecule has 1 saturated carbocycles. The Morgan fingerprint density at radius 2 is 1.82 bits per heavy atom. The minimum atomic E-state index is 0.350. The van der Waals surface area contributed by atoms with Crippen LogP contribution in [0.3, 0.4) is 0 Å². The normalized spacial score (nSPS) is 24.2. The SMILES string of the molecule is O/N=C1\CCCCCCC1Sc1ccccc1. The summed E-state index contributed by atoms with van der Waals surface area (Å²) >= 11 is 1.83. The lowest BCUT2D eigenvalue weighted by atomic mass is 9.99. The van der Waals surface area contributed by atoms with Crippen LogP contribution in [0.2, 0.25) is 0 Å². The third-order valence-corrected chi connectivity index (χ3v) is 4.51. The number of hydrogen-bond acceptors (Lipinski definition) is 3. The lowest BCUT2D eigenvalue weighted by molar-refractivity contribution is 0.315. The number of nitrogens with zero attached hydrogens (tertiary/aromatic N) is 1. The highest BCUT2D eigenvalue weighted by Crippen LogP contribution is 2.30. The van der Waals surface area contributed by atoms with Gasteiger partial charge in [0.25, 0.3) is 0 Å². The van der Waals surface area contributed by atoms with Crippen LogP contribution in [0, 0.1) is 0 Å². The first kappa shape index (κ1) is 12.5. The summed E-state index contributed by atoms with van der Waals surface area (Å²) in [6.45, 7) is 0. The summed E-state index contributed by atoms with van der Waals surface area (Å²) in [7, 11) is 0. The molecular weight excluding hydrogens is 230 g/mol. The first-order valence-electron chi connectivity index (χ1n) is 6.32. The molecule has 92 valence electrons. The monoisotopic (exact) mass is 249 g/mol. The fourth-order valence-corrected chi connectivity index (χ4v) is 3.45. The molecule has 0 saturated heterocycles. The van der Waals surface area contributed by atoms with Crippen LogP contribution >= 0.6 is 11.8 Å². The molecule has 0 heterocycles. The fourth-order valence-electron chi connectivity index (χ4n) is 2.22.